The summed E-state index contributed by atoms with van der Waals surface area (Å²) in [6.45, 7) is 4.51. The molecule has 1 aliphatic heterocycles. The maximum Gasteiger partial charge on any atom is 0.354 e. The smallest absolute Gasteiger partial charge is 0.354 e. The topological polar surface area (TPSA) is 147 Å². The normalized spacial score (nSPS) is 16.4. The number of nitrogens with zero attached hydrogens (tertiary/aromatic N) is 5. The zero-order valence-electron chi connectivity index (χ0n) is 23.3. The molecule has 2 aromatic carbocycles. The van der Waals surface area contributed by atoms with E-state index in [1.807, 2.05) is 18.2 Å². The number of nitrogens with two attached hydrogens (primary N) is 1. The number of aromatic nitrogens is 4. The molecule has 0 aliphatic carbocycles. The molecule has 0 saturated carbocycles. The lowest BCUT2D eigenvalue weighted by atomic mass is 10.00. The van der Waals surface area contributed by atoms with E-state index in [1.165, 1.54) is 37.1 Å². The average molecular weight is 592 g/mol. The highest BCUT2D eigenvalue weighted by Gasteiger charge is 2.34. The molecule has 3 heterocycles. The number of fused-ring (bicyclic) bond motifs is 1. The van der Waals surface area contributed by atoms with Crippen molar-refractivity contribution in [1.82, 2.24) is 24.4 Å². The zero-order chi connectivity index (χ0) is 30.0. The molecule has 42 heavy (non-hydrogen) atoms. The van der Waals surface area contributed by atoms with Crippen molar-refractivity contribution < 1.29 is 19.0 Å². The molecule has 1 saturated heterocycles. The molecular weight excluding hydrogens is 562 g/mol. The number of hydrogen-bond acceptors (Lipinski definition) is 10. The van der Waals surface area contributed by atoms with Crippen LogP contribution in [0, 0.1) is 0 Å². The minimum atomic E-state index is -0.594. The van der Waals surface area contributed by atoms with Gasteiger partial charge in [-0.15, -0.1) is 0 Å². The molecule has 1 amide bonds. The van der Waals surface area contributed by atoms with Crippen LogP contribution in [0.3, 0.4) is 0 Å². The second-order valence-corrected chi connectivity index (χ2v) is 10.0. The zero-order valence-corrected chi connectivity index (χ0v) is 24.1. The van der Waals surface area contributed by atoms with Crippen LogP contribution in [-0.2, 0) is 9.53 Å². The molecule has 12 nitrogen and oxygen atoms in total. The van der Waals surface area contributed by atoms with Gasteiger partial charge in [-0.05, 0) is 36.3 Å². The number of nitrogens with one attached hydrogen (secondary N) is 1. The second kappa shape index (κ2) is 12.0. The summed E-state index contributed by atoms with van der Waals surface area (Å²) >= 11 is 6.84. The van der Waals surface area contributed by atoms with Crippen molar-refractivity contribution >= 4 is 40.2 Å². The standard InChI is InChI=1S/C29H30ClN7O5/c1-5-24(38)37-14-18(11-19(37)15-40-2)33-28-32-13-17-10-16(6-7-20(17)34-28)25-26(30)21(41-3)12-22(42-4)27(25)36-9-8-23(31)35-29(36)39/h5-10,12-13,18-19H,1,11,14-15H2,2-4H3,(H2,31,35,39)(H,32,33,34). The maximum atomic E-state index is 12.9. The lowest BCUT2D eigenvalue weighted by Crippen LogP contribution is -2.37. The minimum Gasteiger partial charge on any atom is -0.495 e. The van der Waals surface area contributed by atoms with Gasteiger partial charge in [0.1, 0.15) is 23.0 Å². The first-order chi connectivity index (χ1) is 20.3. The van der Waals surface area contributed by atoms with Crippen LogP contribution in [-0.4, -0.2) is 76.9 Å². The Morgan fingerprint density at radius 3 is 2.67 bits per heavy atom. The quantitative estimate of drug-likeness (QED) is 0.278. The van der Waals surface area contributed by atoms with Crippen molar-refractivity contribution in [3.05, 3.63) is 70.9 Å². The van der Waals surface area contributed by atoms with Gasteiger partial charge in [-0.25, -0.2) is 14.8 Å². The number of methoxy groups -OCH3 is 3. The molecule has 218 valence electrons. The molecular formula is C29H30ClN7O5. The van der Waals surface area contributed by atoms with E-state index in [2.05, 4.69) is 21.9 Å². The number of hydrogen-bond donors (Lipinski definition) is 2. The van der Waals surface area contributed by atoms with Crippen molar-refractivity contribution in [3.63, 3.8) is 0 Å². The number of likely N-dealkylation sites (tertiary alicyclic amines) is 1. The van der Waals surface area contributed by atoms with Crippen LogP contribution >= 0.6 is 11.6 Å². The number of benzene rings is 2. The Labute approximate surface area is 246 Å². The number of carbonyl (C=O) groups excluding carboxylic acids is 1. The Bertz CT molecular complexity index is 1730. The van der Waals surface area contributed by atoms with Crippen LogP contribution < -0.4 is 26.2 Å². The summed E-state index contributed by atoms with van der Waals surface area (Å²) in [4.78, 5) is 40.0. The van der Waals surface area contributed by atoms with E-state index in [4.69, 9.17) is 36.5 Å². The predicted octanol–water partition coefficient (Wildman–Crippen LogP) is 3.31. The van der Waals surface area contributed by atoms with Crippen molar-refractivity contribution in [2.24, 2.45) is 0 Å². The number of amides is 1. The first-order valence-corrected chi connectivity index (χ1v) is 13.4. The minimum absolute atomic E-state index is 0.0526. The van der Waals surface area contributed by atoms with E-state index >= 15 is 0 Å². The molecule has 2 aromatic heterocycles. The van der Waals surface area contributed by atoms with E-state index in [0.29, 0.717) is 59.4 Å². The molecule has 0 radical (unpaired) electrons. The van der Waals surface area contributed by atoms with Crippen LogP contribution in [0.1, 0.15) is 6.42 Å². The van der Waals surface area contributed by atoms with Crippen LogP contribution in [0.15, 0.2) is 60.2 Å². The summed E-state index contributed by atoms with van der Waals surface area (Å²) in [6.07, 6.45) is 5.21. The van der Waals surface area contributed by atoms with E-state index in [0.717, 1.165) is 5.39 Å². The van der Waals surface area contributed by atoms with Gasteiger partial charge in [0.15, 0.2) is 0 Å². The molecule has 2 unspecified atom stereocenters. The number of anilines is 2. The molecule has 1 aliphatic rings. The van der Waals surface area contributed by atoms with Crippen molar-refractivity contribution in [2.45, 2.75) is 18.5 Å². The van der Waals surface area contributed by atoms with E-state index < -0.39 is 5.69 Å². The summed E-state index contributed by atoms with van der Waals surface area (Å²) in [6, 6.07) is 8.55. The molecule has 2 atom stereocenters. The van der Waals surface area contributed by atoms with E-state index in [1.54, 1.807) is 24.3 Å². The Morgan fingerprint density at radius 2 is 1.98 bits per heavy atom. The van der Waals surface area contributed by atoms with Gasteiger partial charge >= 0.3 is 5.69 Å². The number of nitrogen functional groups attached to an aromatic ring is 1. The number of halogens is 1. The van der Waals surface area contributed by atoms with Gasteiger partial charge in [0.2, 0.25) is 11.9 Å². The highest BCUT2D eigenvalue weighted by Crippen LogP contribution is 2.45. The number of ether oxygens (including phenoxy) is 3. The van der Waals surface area contributed by atoms with Crippen LogP contribution in [0.2, 0.25) is 5.02 Å². The Balaban J connectivity index is 1.52. The third kappa shape index (κ3) is 5.46. The number of carbonyl (C=O) groups is 1. The highest BCUT2D eigenvalue weighted by molar-refractivity contribution is 6.35. The Hall–Kier alpha value is -4.68. The SMILES string of the molecule is C=CC(=O)N1CC(Nc2ncc3cc(-c4c(Cl)c(OC)cc(OC)c4-n4ccc(N)nc4=O)ccc3n2)CC1COC. The first kappa shape index (κ1) is 28.8. The van der Waals surface area contributed by atoms with Crippen LogP contribution in [0.25, 0.3) is 27.7 Å². The van der Waals surface area contributed by atoms with E-state index in [-0.39, 0.29) is 28.8 Å². The Morgan fingerprint density at radius 1 is 1.19 bits per heavy atom. The third-order valence-electron chi connectivity index (χ3n) is 7.11. The third-order valence-corrected chi connectivity index (χ3v) is 7.48. The van der Waals surface area contributed by atoms with Gasteiger partial charge < -0.3 is 30.2 Å². The predicted molar refractivity (Wildman–Crippen MR) is 160 cm³/mol. The monoisotopic (exact) mass is 591 g/mol. The molecule has 13 heteroatoms. The van der Waals surface area contributed by atoms with Crippen molar-refractivity contribution in [2.75, 3.05) is 45.5 Å². The van der Waals surface area contributed by atoms with Gasteiger partial charge in [0.05, 0.1) is 37.4 Å². The van der Waals surface area contributed by atoms with Crippen molar-refractivity contribution in [3.8, 4) is 28.3 Å². The largest absolute Gasteiger partial charge is 0.495 e. The molecule has 0 bridgehead atoms. The van der Waals surface area contributed by atoms with Gasteiger partial charge in [-0.3, -0.25) is 9.36 Å². The molecule has 5 rings (SSSR count). The fourth-order valence-corrected chi connectivity index (χ4v) is 5.52. The van der Waals surface area contributed by atoms with E-state index in [9.17, 15) is 9.59 Å². The summed E-state index contributed by atoms with van der Waals surface area (Å²) in [5, 5.41) is 4.35. The second-order valence-electron chi connectivity index (χ2n) is 9.67. The number of rotatable bonds is 9. The molecule has 1 fully saturated rings. The maximum absolute atomic E-state index is 12.9. The van der Waals surface area contributed by atoms with Gasteiger partial charge in [-0.1, -0.05) is 24.2 Å². The fraction of sp³-hybridized carbons (Fsp3) is 0.276. The van der Waals surface area contributed by atoms with Crippen LogP contribution in [0.5, 0.6) is 11.5 Å². The molecule has 0 spiro atoms. The Kier molecular flexibility index (Phi) is 8.27. The lowest BCUT2D eigenvalue weighted by molar-refractivity contribution is -0.127. The molecule has 4 aromatic rings. The summed E-state index contributed by atoms with van der Waals surface area (Å²) in [5.41, 5.74) is 7.36. The van der Waals surface area contributed by atoms with Crippen molar-refractivity contribution in [1.29, 1.82) is 0 Å². The fourth-order valence-electron chi connectivity index (χ4n) is 5.19. The first-order valence-electron chi connectivity index (χ1n) is 13.0. The summed E-state index contributed by atoms with van der Waals surface area (Å²) in [5.74, 6) is 1.11. The highest BCUT2D eigenvalue weighted by atomic mass is 35.5. The van der Waals surface area contributed by atoms with Crippen LogP contribution in [0.4, 0.5) is 11.8 Å². The summed E-state index contributed by atoms with van der Waals surface area (Å²) in [7, 11) is 4.60. The van der Waals surface area contributed by atoms with Gasteiger partial charge in [-0.2, -0.15) is 4.98 Å². The average Bonchev–Trinajstić information content (AvgIpc) is 3.38. The van der Waals surface area contributed by atoms with Gasteiger partial charge in [0, 0.05) is 49.1 Å². The van der Waals surface area contributed by atoms with Gasteiger partial charge in [0.25, 0.3) is 0 Å². The molecule has 3 N–H and O–H groups in total. The summed E-state index contributed by atoms with van der Waals surface area (Å²) < 4.78 is 17.8. The lowest BCUT2D eigenvalue weighted by Gasteiger charge is -2.22.